The third kappa shape index (κ3) is 5.32. The molecule has 0 aromatic carbocycles. The molecule has 0 spiro atoms. The molecule has 0 radical (unpaired) electrons. The minimum absolute atomic E-state index is 0.104. The maximum Gasteiger partial charge on any atom is 0.257 e. The van der Waals surface area contributed by atoms with Gasteiger partial charge in [0.1, 0.15) is 25.1 Å². The summed E-state index contributed by atoms with van der Waals surface area (Å²) in [6.45, 7) is 2.97. The van der Waals surface area contributed by atoms with E-state index in [1.165, 1.54) is 6.33 Å². The fourth-order valence-corrected chi connectivity index (χ4v) is 5.43. The Kier molecular flexibility index (Phi) is 6.90. The van der Waals surface area contributed by atoms with Crippen LogP contribution in [0.5, 0.6) is 5.88 Å². The van der Waals surface area contributed by atoms with Crippen LogP contribution in [0.3, 0.4) is 0 Å². The van der Waals surface area contributed by atoms with E-state index < -0.39 is 0 Å². The number of hydrogen-bond acceptors (Lipinski definition) is 9. The van der Waals surface area contributed by atoms with E-state index in [4.69, 9.17) is 9.47 Å². The molecule has 38 heavy (non-hydrogen) atoms. The first-order valence-electron chi connectivity index (χ1n) is 13.1. The predicted molar refractivity (Wildman–Crippen MR) is 133 cm³/mol. The quantitative estimate of drug-likeness (QED) is 0.579. The lowest BCUT2D eigenvalue weighted by atomic mass is 10.1. The van der Waals surface area contributed by atoms with Gasteiger partial charge in [0.15, 0.2) is 0 Å². The van der Waals surface area contributed by atoms with Gasteiger partial charge in [-0.15, -0.1) is 0 Å². The SMILES string of the molecule is O=C1N[C@@H]2CN(Cc3cncnc3)C[C@@H]2OCC(=O)N2CCN(C(=O)C3CC3)C[C@H]2COc2ncccc21. The number of aromatic nitrogens is 3. The summed E-state index contributed by atoms with van der Waals surface area (Å²) in [5.74, 6) is -0.0132. The van der Waals surface area contributed by atoms with Crippen molar-refractivity contribution in [2.75, 3.05) is 45.9 Å². The molecule has 0 unspecified atom stereocenters. The summed E-state index contributed by atoms with van der Waals surface area (Å²) in [5, 5.41) is 3.07. The molecule has 3 aliphatic heterocycles. The van der Waals surface area contributed by atoms with Crippen molar-refractivity contribution in [2.45, 2.75) is 37.6 Å². The molecule has 1 N–H and O–H groups in total. The normalized spacial score (nSPS) is 26.6. The highest BCUT2D eigenvalue weighted by atomic mass is 16.5. The first-order chi connectivity index (χ1) is 18.5. The lowest BCUT2D eigenvalue weighted by molar-refractivity contribution is -0.149. The molecule has 2 aromatic rings. The fourth-order valence-electron chi connectivity index (χ4n) is 5.43. The van der Waals surface area contributed by atoms with Crippen LogP contribution in [0.4, 0.5) is 0 Å². The van der Waals surface area contributed by atoms with Crippen LogP contribution in [0.15, 0.2) is 37.1 Å². The van der Waals surface area contributed by atoms with Crippen LogP contribution in [0, 0.1) is 5.92 Å². The predicted octanol–water partition coefficient (Wildman–Crippen LogP) is -0.287. The highest BCUT2D eigenvalue weighted by Crippen LogP contribution is 2.32. The fraction of sp³-hybridized carbons (Fsp3) is 0.538. The van der Waals surface area contributed by atoms with Crippen LogP contribution in [0.1, 0.15) is 28.8 Å². The molecule has 6 rings (SSSR count). The second-order valence-corrected chi connectivity index (χ2v) is 10.3. The third-order valence-corrected chi connectivity index (χ3v) is 7.57. The van der Waals surface area contributed by atoms with Crippen LogP contribution in [0.2, 0.25) is 0 Å². The molecule has 1 aliphatic carbocycles. The number of fused-ring (bicyclic) bond motifs is 3. The summed E-state index contributed by atoms with van der Waals surface area (Å²) < 4.78 is 12.2. The highest BCUT2D eigenvalue weighted by molar-refractivity contribution is 5.96. The number of amides is 3. The molecule has 4 aliphatic rings. The molecule has 2 saturated heterocycles. The van der Waals surface area contributed by atoms with Gasteiger partial charge in [0.25, 0.3) is 5.91 Å². The highest BCUT2D eigenvalue weighted by Gasteiger charge is 2.40. The molecule has 2 aromatic heterocycles. The molecule has 3 amide bonds. The van der Waals surface area contributed by atoms with Gasteiger partial charge in [-0.25, -0.2) is 15.0 Å². The minimum atomic E-state index is -0.384. The lowest BCUT2D eigenvalue weighted by Crippen LogP contribution is -2.59. The smallest absolute Gasteiger partial charge is 0.257 e. The van der Waals surface area contributed by atoms with Gasteiger partial charge < -0.3 is 24.6 Å². The summed E-state index contributed by atoms with van der Waals surface area (Å²) in [4.78, 5) is 57.6. The monoisotopic (exact) mass is 521 g/mol. The van der Waals surface area contributed by atoms with Gasteiger partial charge in [-0.2, -0.15) is 0 Å². The van der Waals surface area contributed by atoms with Gasteiger partial charge >= 0.3 is 0 Å². The number of hydrogen-bond donors (Lipinski definition) is 1. The molecule has 3 fully saturated rings. The largest absolute Gasteiger partial charge is 0.475 e. The van der Waals surface area contributed by atoms with Crippen LogP contribution in [-0.2, 0) is 20.9 Å². The molecule has 200 valence electrons. The van der Waals surface area contributed by atoms with E-state index in [1.54, 1.807) is 35.6 Å². The van der Waals surface area contributed by atoms with Gasteiger partial charge in [-0.3, -0.25) is 19.3 Å². The molecular formula is C26H31N7O5. The van der Waals surface area contributed by atoms with E-state index >= 15 is 0 Å². The van der Waals surface area contributed by atoms with Crippen molar-refractivity contribution in [3.8, 4) is 5.88 Å². The average Bonchev–Trinajstić information content (AvgIpc) is 3.72. The molecule has 0 bridgehead atoms. The number of ether oxygens (including phenoxy) is 2. The maximum absolute atomic E-state index is 13.4. The molecular weight excluding hydrogens is 490 g/mol. The zero-order valence-corrected chi connectivity index (χ0v) is 21.1. The van der Waals surface area contributed by atoms with E-state index in [9.17, 15) is 14.4 Å². The zero-order valence-electron chi connectivity index (χ0n) is 21.1. The van der Waals surface area contributed by atoms with E-state index in [-0.39, 0.29) is 60.9 Å². The first-order valence-corrected chi connectivity index (χ1v) is 13.1. The standard InChI is InChI=1S/C26H31N7O5/c34-23-15-37-22-13-31(10-17-8-27-16-28-9-17)12-21(22)30-24(35)20-2-1-5-29-25(20)38-14-19-11-32(6-7-33(19)23)26(36)18-3-4-18/h1-2,5,8-9,16,18-19,21-22H,3-4,6-7,10-15H2,(H,30,35)/t19-,21+,22-/m0/s1. The van der Waals surface area contributed by atoms with Crippen LogP contribution >= 0.6 is 0 Å². The second-order valence-electron chi connectivity index (χ2n) is 10.3. The summed E-state index contributed by atoms with van der Waals surface area (Å²) >= 11 is 0. The molecule has 3 atom stereocenters. The Bertz CT molecular complexity index is 1190. The number of carbonyl (C=O) groups excluding carboxylic acids is 3. The summed E-state index contributed by atoms with van der Waals surface area (Å²) in [5.41, 5.74) is 1.27. The van der Waals surface area contributed by atoms with Gasteiger partial charge in [-0.1, -0.05) is 0 Å². The molecule has 1 saturated carbocycles. The molecule has 12 nitrogen and oxygen atoms in total. The van der Waals surface area contributed by atoms with Crippen molar-refractivity contribution < 1.29 is 23.9 Å². The number of carbonyl (C=O) groups is 3. The van der Waals surface area contributed by atoms with Gasteiger partial charge in [0.2, 0.25) is 17.7 Å². The van der Waals surface area contributed by atoms with Crippen LogP contribution in [0.25, 0.3) is 0 Å². The van der Waals surface area contributed by atoms with Crippen molar-refractivity contribution in [1.29, 1.82) is 0 Å². The Morgan fingerprint density at radius 1 is 1.11 bits per heavy atom. The molecule has 5 heterocycles. The van der Waals surface area contributed by atoms with Gasteiger partial charge in [0.05, 0.1) is 18.2 Å². The number of likely N-dealkylation sites (tertiary alicyclic amines) is 1. The van der Waals surface area contributed by atoms with E-state index in [0.717, 1.165) is 18.4 Å². The number of piperazine rings is 1. The van der Waals surface area contributed by atoms with Crippen molar-refractivity contribution in [2.24, 2.45) is 5.92 Å². The van der Waals surface area contributed by atoms with Crippen molar-refractivity contribution in [3.05, 3.63) is 48.2 Å². The van der Waals surface area contributed by atoms with E-state index in [2.05, 4.69) is 25.2 Å². The van der Waals surface area contributed by atoms with Gasteiger partial charge in [0, 0.05) is 69.3 Å². The van der Waals surface area contributed by atoms with Crippen LogP contribution in [-0.4, -0.2) is 111 Å². The maximum atomic E-state index is 13.4. The number of nitrogens with one attached hydrogen (secondary N) is 1. The minimum Gasteiger partial charge on any atom is -0.475 e. The summed E-state index contributed by atoms with van der Waals surface area (Å²) in [7, 11) is 0. The Hall–Kier alpha value is -3.64. The van der Waals surface area contributed by atoms with Crippen molar-refractivity contribution in [1.82, 2.24) is 35.0 Å². The lowest BCUT2D eigenvalue weighted by Gasteiger charge is -2.41. The Balaban J connectivity index is 1.23. The number of pyridine rings is 1. The third-order valence-electron chi connectivity index (χ3n) is 7.57. The van der Waals surface area contributed by atoms with Crippen molar-refractivity contribution in [3.63, 3.8) is 0 Å². The van der Waals surface area contributed by atoms with E-state index in [1.807, 2.05) is 4.90 Å². The number of rotatable bonds is 3. The first kappa shape index (κ1) is 24.7. The second kappa shape index (κ2) is 10.6. The van der Waals surface area contributed by atoms with Crippen molar-refractivity contribution >= 4 is 17.7 Å². The summed E-state index contributed by atoms with van der Waals surface area (Å²) in [6.07, 6.45) is 8.05. The number of nitrogens with zero attached hydrogens (tertiary/aromatic N) is 6. The Morgan fingerprint density at radius 3 is 2.76 bits per heavy atom. The summed E-state index contributed by atoms with van der Waals surface area (Å²) in [6, 6.07) is 2.66. The van der Waals surface area contributed by atoms with Gasteiger partial charge in [-0.05, 0) is 25.0 Å². The Labute approximate surface area is 220 Å². The molecule has 12 heteroatoms. The zero-order chi connectivity index (χ0) is 26.1. The van der Waals surface area contributed by atoms with Crippen LogP contribution < -0.4 is 10.1 Å². The van der Waals surface area contributed by atoms with E-state index in [0.29, 0.717) is 44.8 Å². The average molecular weight is 522 g/mol. The Morgan fingerprint density at radius 2 is 1.95 bits per heavy atom. The topological polar surface area (TPSA) is 130 Å².